The standard InChI is InChI=1S/C43H49Cl2N3O4S/c1-31(2)41(50)46(3)30-42(35-19-20-38(44)39(45)27-35,47(4)40(49)28-36(32-13-7-5-8-14-32)33-15-9-6-10-16-33)21-24-48-25-22-43(23-26-48)37-18-12-11-17-34(37)29-53(43,51)52/h5-20,27,31,36H,21-26,28-30H2,1-4H3. The van der Waals surface area contributed by atoms with E-state index < -0.39 is 20.1 Å². The summed E-state index contributed by atoms with van der Waals surface area (Å²) in [6, 6.07) is 33.3. The minimum absolute atomic E-state index is 0.0354. The molecule has 0 saturated carbocycles. The number of carbonyl (C=O) groups excluding carboxylic acids is 2. The summed E-state index contributed by atoms with van der Waals surface area (Å²) in [6.07, 6.45) is 1.68. The molecule has 2 aliphatic heterocycles. The molecule has 0 bridgehead atoms. The fourth-order valence-corrected chi connectivity index (χ4v) is 11.1. The van der Waals surface area contributed by atoms with Crippen molar-refractivity contribution in [2.75, 3.05) is 40.3 Å². The SMILES string of the molecule is CC(C)C(=O)N(C)CC(CCN1CCC2(CC1)c1ccccc1CS2(=O)=O)(c1ccc(Cl)c(Cl)c1)N(C)C(=O)CC(c1ccccc1)c1ccccc1. The predicted molar refractivity (Wildman–Crippen MR) is 214 cm³/mol. The zero-order valence-electron chi connectivity index (χ0n) is 31.0. The van der Waals surface area contributed by atoms with Crippen molar-refractivity contribution in [2.45, 2.75) is 61.5 Å². The number of piperidine rings is 1. The van der Waals surface area contributed by atoms with Crippen molar-refractivity contribution in [2.24, 2.45) is 5.92 Å². The average molecular weight is 775 g/mol. The molecule has 0 aromatic heterocycles. The summed E-state index contributed by atoms with van der Waals surface area (Å²) in [5.74, 6) is -0.470. The van der Waals surface area contributed by atoms with E-state index in [-0.39, 0.29) is 42.4 Å². The Hall–Kier alpha value is -3.69. The first kappa shape index (κ1) is 39.0. The number of benzene rings is 4. The van der Waals surface area contributed by atoms with Crippen molar-refractivity contribution in [1.29, 1.82) is 0 Å². The lowest BCUT2D eigenvalue weighted by Crippen LogP contribution is -2.56. The molecule has 1 fully saturated rings. The Labute approximate surface area is 324 Å². The third-order valence-electron chi connectivity index (χ3n) is 11.6. The van der Waals surface area contributed by atoms with Crippen molar-refractivity contribution in [3.05, 3.63) is 141 Å². The lowest BCUT2D eigenvalue weighted by atomic mass is 9.81. The third-order valence-corrected chi connectivity index (χ3v) is 14.8. The monoisotopic (exact) mass is 773 g/mol. The highest BCUT2D eigenvalue weighted by molar-refractivity contribution is 7.92. The van der Waals surface area contributed by atoms with Crippen LogP contribution in [-0.4, -0.2) is 75.2 Å². The minimum Gasteiger partial charge on any atom is -0.343 e. The smallest absolute Gasteiger partial charge is 0.224 e. The van der Waals surface area contributed by atoms with Gasteiger partial charge >= 0.3 is 0 Å². The van der Waals surface area contributed by atoms with Gasteiger partial charge in [0.1, 0.15) is 4.75 Å². The molecule has 10 heteroatoms. The number of carbonyl (C=O) groups is 2. The zero-order chi connectivity index (χ0) is 38.0. The van der Waals surface area contributed by atoms with Gasteiger partial charge in [0.15, 0.2) is 9.84 Å². The van der Waals surface area contributed by atoms with E-state index in [1.54, 1.807) is 18.0 Å². The van der Waals surface area contributed by atoms with Crippen molar-refractivity contribution in [1.82, 2.24) is 14.7 Å². The molecule has 1 saturated heterocycles. The Morgan fingerprint density at radius 3 is 2.00 bits per heavy atom. The van der Waals surface area contributed by atoms with E-state index in [0.29, 0.717) is 48.9 Å². The molecule has 53 heavy (non-hydrogen) atoms. The molecule has 4 aromatic carbocycles. The molecule has 0 aliphatic carbocycles. The lowest BCUT2D eigenvalue weighted by molar-refractivity contribution is -0.143. The molecule has 280 valence electrons. The molecular weight excluding hydrogens is 725 g/mol. The minimum atomic E-state index is -3.35. The molecule has 2 aliphatic rings. The van der Waals surface area contributed by atoms with Gasteiger partial charge in [-0.3, -0.25) is 9.59 Å². The van der Waals surface area contributed by atoms with Crippen LogP contribution in [0.25, 0.3) is 0 Å². The van der Waals surface area contributed by atoms with E-state index >= 15 is 0 Å². The Kier molecular flexibility index (Phi) is 11.7. The fraction of sp³-hybridized carbons (Fsp3) is 0.395. The summed E-state index contributed by atoms with van der Waals surface area (Å²) in [4.78, 5) is 34.2. The summed E-state index contributed by atoms with van der Waals surface area (Å²) >= 11 is 13.2. The molecule has 1 spiro atoms. The van der Waals surface area contributed by atoms with Crippen LogP contribution >= 0.6 is 23.2 Å². The van der Waals surface area contributed by atoms with Crippen molar-refractivity contribution >= 4 is 44.9 Å². The predicted octanol–water partition coefficient (Wildman–Crippen LogP) is 8.29. The van der Waals surface area contributed by atoms with Crippen LogP contribution in [0.15, 0.2) is 103 Å². The number of hydrogen-bond acceptors (Lipinski definition) is 5. The number of nitrogens with zero attached hydrogens (tertiary/aromatic N) is 3. The highest BCUT2D eigenvalue weighted by Crippen LogP contribution is 2.49. The van der Waals surface area contributed by atoms with E-state index in [9.17, 15) is 18.0 Å². The van der Waals surface area contributed by atoms with Crippen molar-refractivity contribution in [3.63, 3.8) is 0 Å². The number of likely N-dealkylation sites (tertiary alicyclic amines) is 1. The second kappa shape index (κ2) is 16.0. The number of fused-ring (bicyclic) bond motifs is 2. The van der Waals surface area contributed by atoms with Gasteiger partial charge in [-0.15, -0.1) is 0 Å². The van der Waals surface area contributed by atoms with Crippen LogP contribution in [0.5, 0.6) is 0 Å². The number of sulfone groups is 1. The largest absolute Gasteiger partial charge is 0.343 e. The van der Waals surface area contributed by atoms with Crippen molar-refractivity contribution in [3.8, 4) is 0 Å². The van der Waals surface area contributed by atoms with Gasteiger partial charge in [0.05, 0.1) is 21.3 Å². The normalized spacial score (nSPS) is 17.4. The zero-order valence-corrected chi connectivity index (χ0v) is 33.3. The maximum absolute atomic E-state index is 14.8. The lowest BCUT2D eigenvalue weighted by Gasteiger charge is -2.47. The van der Waals surface area contributed by atoms with Crippen LogP contribution in [0.4, 0.5) is 0 Å². The molecule has 4 aromatic rings. The quantitative estimate of drug-likeness (QED) is 0.145. The first-order valence-electron chi connectivity index (χ1n) is 18.4. The highest BCUT2D eigenvalue weighted by Gasteiger charge is 2.53. The third kappa shape index (κ3) is 7.79. The molecular formula is C43H49Cl2N3O4S. The number of amides is 2. The number of halogens is 2. The average Bonchev–Trinajstić information content (AvgIpc) is 3.38. The van der Waals surface area contributed by atoms with Crippen LogP contribution < -0.4 is 0 Å². The van der Waals surface area contributed by atoms with Crippen LogP contribution in [0.3, 0.4) is 0 Å². The molecule has 7 nitrogen and oxygen atoms in total. The molecule has 2 heterocycles. The molecule has 0 N–H and O–H groups in total. The topological polar surface area (TPSA) is 78.0 Å². The van der Waals surface area contributed by atoms with Crippen LogP contribution in [0.2, 0.25) is 10.0 Å². The van der Waals surface area contributed by atoms with Crippen LogP contribution in [0, 0.1) is 5.92 Å². The Bertz CT molecular complexity index is 2000. The molecule has 1 unspecified atom stereocenters. The number of likely N-dealkylation sites (N-methyl/N-ethyl adjacent to an activating group) is 2. The van der Waals surface area contributed by atoms with E-state index in [4.69, 9.17) is 23.2 Å². The fourth-order valence-electron chi connectivity index (χ4n) is 8.49. The van der Waals surface area contributed by atoms with Crippen LogP contribution in [-0.2, 0) is 35.5 Å². The van der Waals surface area contributed by atoms with E-state index in [0.717, 1.165) is 27.8 Å². The number of hydrogen-bond donors (Lipinski definition) is 0. The molecule has 6 rings (SSSR count). The summed E-state index contributed by atoms with van der Waals surface area (Å²) in [7, 11) is 0.267. The van der Waals surface area contributed by atoms with Crippen LogP contribution in [0.1, 0.15) is 73.3 Å². The first-order valence-corrected chi connectivity index (χ1v) is 20.8. The van der Waals surface area contributed by atoms with Gasteiger partial charge in [-0.05, 0) is 72.3 Å². The summed E-state index contributed by atoms with van der Waals surface area (Å²) in [6.45, 7) is 5.72. The maximum atomic E-state index is 14.8. The molecule has 2 amide bonds. The Morgan fingerprint density at radius 2 is 1.42 bits per heavy atom. The second-order valence-electron chi connectivity index (χ2n) is 15.0. The summed E-state index contributed by atoms with van der Waals surface area (Å²) in [5, 5.41) is 0.765. The second-order valence-corrected chi connectivity index (χ2v) is 18.2. The van der Waals surface area contributed by atoms with Gasteiger partial charge in [-0.1, -0.05) is 128 Å². The first-order chi connectivity index (χ1) is 25.3. The highest BCUT2D eigenvalue weighted by atomic mass is 35.5. The summed E-state index contributed by atoms with van der Waals surface area (Å²) in [5.41, 5.74) is 3.71. The molecule has 1 atom stereocenters. The maximum Gasteiger partial charge on any atom is 0.224 e. The van der Waals surface area contributed by atoms with Gasteiger partial charge < -0.3 is 14.7 Å². The van der Waals surface area contributed by atoms with Gasteiger partial charge in [0.25, 0.3) is 0 Å². The van der Waals surface area contributed by atoms with Gasteiger partial charge in [0, 0.05) is 45.4 Å². The summed E-state index contributed by atoms with van der Waals surface area (Å²) < 4.78 is 26.4. The van der Waals surface area contributed by atoms with E-state index in [1.165, 1.54) is 0 Å². The van der Waals surface area contributed by atoms with E-state index in [2.05, 4.69) is 29.2 Å². The molecule has 0 radical (unpaired) electrons. The van der Waals surface area contributed by atoms with Gasteiger partial charge in [-0.25, -0.2) is 8.42 Å². The van der Waals surface area contributed by atoms with Crippen molar-refractivity contribution < 1.29 is 18.0 Å². The number of rotatable bonds is 12. The van der Waals surface area contributed by atoms with Gasteiger partial charge in [0.2, 0.25) is 11.8 Å². The van der Waals surface area contributed by atoms with Gasteiger partial charge in [-0.2, -0.15) is 0 Å². The Morgan fingerprint density at radius 1 is 0.830 bits per heavy atom. The Balaban J connectivity index is 1.35. The van der Waals surface area contributed by atoms with E-state index in [1.807, 2.05) is 98.6 Å².